The maximum atomic E-state index is 12.5. The topological polar surface area (TPSA) is 36.4 Å². The van der Waals surface area contributed by atoms with Crippen LogP contribution >= 0.6 is 11.6 Å². The summed E-state index contributed by atoms with van der Waals surface area (Å²) in [5.41, 5.74) is 1.39. The fraction of sp³-hybridized carbons (Fsp3) is 0.625. The molecular formula is C16H26ClN3O. The van der Waals surface area contributed by atoms with Gasteiger partial charge in [-0.1, -0.05) is 25.4 Å². The van der Waals surface area contributed by atoms with Crippen LogP contribution in [-0.4, -0.2) is 53.4 Å². The van der Waals surface area contributed by atoms with Gasteiger partial charge in [0.25, 0.3) is 5.91 Å². The van der Waals surface area contributed by atoms with Crippen molar-refractivity contribution in [2.75, 3.05) is 32.7 Å². The molecule has 21 heavy (non-hydrogen) atoms. The molecule has 5 heteroatoms. The maximum absolute atomic E-state index is 12.5. The highest BCUT2D eigenvalue weighted by Gasteiger charge is 2.15. The summed E-state index contributed by atoms with van der Waals surface area (Å²) in [5.74, 6) is 0.0319. The highest BCUT2D eigenvalue weighted by atomic mass is 35.5. The fourth-order valence-electron chi connectivity index (χ4n) is 2.36. The number of nitrogens with zero attached hydrogens (tertiary/aromatic N) is 3. The number of carbonyl (C=O) groups is 1. The molecule has 1 aromatic heterocycles. The second kappa shape index (κ2) is 9.00. The Balaban J connectivity index is 2.64. The SMILES string of the molecule is CCN(CC)CCCN(CC)C(=O)c1cc(C)nc(Cl)c1. The average Bonchev–Trinajstić information content (AvgIpc) is 2.46. The number of halogens is 1. The van der Waals surface area contributed by atoms with Gasteiger partial charge in [0.05, 0.1) is 0 Å². The van der Waals surface area contributed by atoms with Crippen molar-refractivity contribution in [3.05, 3.63) is 28.5 Å². The van der Waals surface area contributed by atoms with Gasteiger partial charge in [0, 0.05) is 24.3 Å². The molecule has 118 valence electrons. The van der Waals surface area contributed by atoms with E-state index in [4.69, 9.17) is 11.6 Å². The van der Waals surface area contributed by atoms with Gasteiger partial charge in [-0.25, -0.2) is 4.98 Å². The van der Waals surface area contributed by atoms with E-state index < -0.39 is 0 Å². The third-order valence-corrected chi connectivity index (χ3v) is 3.83. The zero-order chi connectivity index (χ0) is 15.8. The van der Waals surface area contributed by atoms with Crippen LogP contribution in [0, 0.1) is 6.92 Å². The molecule has 0 atom stereocenters. The van der Waals surface area contributed by atoms with Crippen LogP contribution in [0.2, 0.25) is 5.15 Å². The smallest absolute Gasteiger partial charge is 0.254 e. The molecule has 0 fully saturated rings. The van der Waals surface area contributed by atoms with Gasteiger partial charge in [-0.15, -0.1) is 0 Å². The van der Waals surface area contributed by atoms with E-state index >= 15 is 0 Å². The van der Waals surface area contributed by atoms with E-state index in [1.807, 2.05) is 18.7 Å². The second-order valence-electron chi connectivity index (χ2n) is 5.09. The standard InChI is InChI=1S/C16H26ClN3O/c1-5-19(6-2)9-8-10-20(7-3)16(21)14-11-13(4)18-15(17)12-14/h11-12H,5-10H2,1-4H3. The van der Waals surface area contributed by atoms with Crippen molar-refractivity contribution in [1.29, 1.82) is 0 Å². The summed E-state index contributed by atoms with van der Waals surface area (Å²) in [6.07, 6.45) is 0.985. The van der Waals surface area contributed by atoms with E-state index in [1.54, 1.807) is 12.1 Å². The zero-order valence-corrected chi connectivity index (χ0v) is 14.3. The predicted molar refractivity (Wildman–Crippen MR) is 88.0 cm³/mol. The predicted octanol–water partition coefficient (Wildman–Crippen LogP) is 3.24. The molecule has 4 nitrogen and oxygen atoms in total. The monoisotopic (exact) mass is 311 g/mol. The van der Waals surface area contributed by atoms with Crippen molar-refractivity contribution < 1.29 is 4.79 Å². The van der Waals surface area contributed by atoms with Crippen molar-refractivity contribution in [1.82, 2.24) is 14.8 Å². The van der Waals surface area contributed by atoms with Gasteiger partial charge in [0.1, 0.15) is 5.15 Å². The Labute approximate surface area is 133 Å². The van der Waals surface area contributed by atoms with Crippen LogP contribution in [0.4, 0.5) is 0 Å². The largest absolute Gasteiger partial charge is 0.339 e. The van der Waals surface area contributed by atoms with Gasteiger partial charge in [0.15, 0.2) is 0 Å². The molecule has 0 aromatic carbocycles. The first-order valence-corrected chi connectivity index (χ1v) is 8.05. The van der Waals surface area contributed by atoms with E-state index in [0.717, 1.165) is 38.3 Å². The molecule has 1 heterocycles. The van der Waals surface area contributed by atoms with Gasteiger partial charge in [-0.05, 0) is 52.0 Å². The zero-order valence-electron chi connectivity index (χ0n) is 13.5. The molecule has 0 unspecified atom stereocenters. The Morgan fingerprint density at radius 2 is 1.81 bits per heavy atom. The first-order valence-electron chi connectivity index (χ1n) is 7.67. The average molecular weight is 312 g/mol. The number of aryl methyl sites for hydroxylation is 1. The van der Waals surface area contributed by atoms with Crippen LogP contribution in [0.5, 0.6) is 0 Å². The summed E-state index contributed by atoms with van der Waals surface area (Å²) in [4.78, 5) is 20.9. The maximum Gasteiger partial charge on any atom is 0.254 e. The van der Waals surface area contributed by atoms with E-state index in [1.165, 1.54) is 0 Å². The molecule has 1 amide bonds. The van der Waals surface area contributed by atoms with Crippen molar-refractivity contribution in [3.8, 4) is 0 Å². The van der Waals surface area contributed by atoms with Crippen LogP contribution in [0.1, 0.15) is 43.2 Å². The van der Waals surface area contributed by atoms with Crippen LogP contribution in [0.25, 0.3) is 0 Å². The van der Waals surface area contributed by atoms with Gasteiger partial charge in [-0.3, -0.25) is 4.79 Å². The molecule has 0 aliphatic carbocycles. The lowest BCUT2D eigenvalue weighted by Crippen LogP contribution is -2.34. The number of amides is 1. The quantitative estimate of drug-likeness (QED) is 0.692. The first kappa shape index (κ1) is 17.9. The summed E-state index contributed by atoms with van der Waals surface area (Å²) in [7, 11) is 0. The highest BCUT2D eigenvalue weighted by Crippen LogP contribution is 2.13. The molecule has 0 bridgehead atoms. The Bertz CT molecular complexity index is 441. The fourth-order valence-corrected chi connectivity index (χ4v) is 2.61. The van der Waals surface area contributed by atoms with Crippen molar-refractivity contribution in [3.63, 3.8) is 0 Å². The van der Waals surface area contributed by atoms with Crippen molar-refractivity contribution in [2.45, 2.75) is 34.1 Å². The van der Waals surface area contributed by atoms with Crippen LogP contribution in [-0.2, 0) is 0 Å². The minimum Gasteiger partial charge on any atom is -0.339 e. The highest BCUT2D eigenvalue weighted by molar-refractivity contribution is 6.29. The van der Waals surface area contributed by atoms with E-state index in [2.05, 4.69) is 23.7 Å². The van der Waals surface area contributed by atoms with Gasteiger partial charge >= 0.3 is 0 Å². The van der Waals surface area contributed by atoms with E-state index in [9.17, 15) is 4.79 Å². The lowest BCUT2D eigenvalue weighted by Gasteiger charge is -2.24. The molecule has 0 spiro atoms. The summed E-state index contributed by atoms with van der Waals surface area (Å²) >= 11 is 5.94. The normalized spacial score (nSPS) is 11.0. The lowest BCUT2D eigenvalue weighted by molar-refractivity contribution is 0.0757. The third-order valence-electron chi connectivity index (χ3n) is 3.63. The summed E-state index contributed by atoms with van der Waals surface area (Å²) in [5, 5.41) is 0.373. The number of hydrogen-bond acceptors (Lipinski definition) is 3. The Hall–Kier alpha value is -1.13. The number of aromatic nitrogens is 1. The van der Waals surface area contributed by atoms with Crippen molar-refractivity contribution >= 4 is 17.5 Å². The number of carbonyl (C=O) groups excluding carboxylic acids is 1. The molecule has 0 aliphatic rings. The second-order valence-corrected chi connectivity index (χ2v) is 5.47. The molecule has 0 N–H and O–H groups in total. The summed E-state index contributed by atoms with van der Waals surface area (Å²) in [6, 6.07) is 3.44. The van der Waals surface area contributed by atoms with E-state index in [0.29, 0.717) is 17.3 Å². The molecule has 1 rings (SSSR count). The minimum absolute atomic E-state index is 0.0319. The molecular weight excluding hydrogens is 286 g/mol. The van der Waals surface area contributed by atoms with Gasteiger partial charge in [-0.2, -0.15) is 0 Å². The molecule has 0 saturated heterocycles. The third kappa shape index (κ3) is 5.64. The van der Waals surface area contributed by atoms with Gasteiger partial charge < -0.3 is 9.80 Å². The van der Waals surface area contributed by atoms with Crippen molar-refractivity contribution in [2.24, 2.45) is 0 Å². The molecule has 0 aliphatic heterocycles. The Kier molecular flexibility index (Phi) is 7.68. The minimum atomic E-state index is 0.0319. The van der Waals surface area contributed by atoms with Crippen LogP contribution < -0.4 is 0 Å². The lowest BCUT2D eigenvalue weighted by atomic mass is 10.2. The molecule has 1 aromatic rings. The summed E-state index contributed by atoms with van der Waals surface area (Å²) in [6.45, 7) is 12.8. The number of rotatable bonds is 8. The Morgan fingerprint density at radius 3 is 2.33 bits per heavy atom. The molecule has 0 saturated carbocycles. The summed E-state index contributed by atoms with van der Waals surface area (Å²) < 4.78 is 0. The number of hydrogen-bond donors (Lipinski definition) is 0. The van der Waals surface area contributed by atoms with Crippen LogP contribution in [0.3, 0.4) is 0 Å². The van der Waals surface area contributed by atoms with Gasteiger partial charge in [0.2, 0.25) is 0 Å². The van der Waals surface area contributed by atoms with E-state index in [-0.39, 0.29) is 5.91 Å². The molecule has 0 radical (unpaired) electrons. The number of pyridine rings is 1. The van der Waals surface area contributed by atoms with Crippen LogP contribution in [0.15, 0.2) is 12.1 Å². The first-order chi connectivity index (χ1) is 10.0. The Morgan fingerprint density at radius 1 is 1.14 bits per heavy atom.